The molecule has 1 aliphatic carbocycles. The molecule has 0 bridgehead atoms. The molecular formula is C14H15N4O3P. The van der Waals surface area contributed by atoms with Crippen LogP contribution in [0.5, 0.6) is 0 Å². The van der Waals surface area contributed by atoms with E-state index in [-0.39, 0.29) is 19.6 Å². The Balaban J connectivity index is 3.64. The maximum Gasteiger partial charge on any atom is 0.340 e. The minimum absolute atomic E-state index is 0.0423. The summed E-state index contributed by atoms with van der Waals surface area (Å²) in [5.74, 6) is 0. The molecule has 22 heavy (non-hydrogen) atoms. The first-order valence-corrected chi connectivity index (χ1v) is 8.27. The number of hydrogen-bond donors (Lipinski definition) is 0. The predicted molar refractivity (Wildman–Crippen MR) is 75.7 cm³/mol. The lowest BCUT2D eigenvalue weighted by Crippen LogP contribution is -2.48. The fraction of sp³-hybridized carbons (Fsp3) is 0.571. The van der Waals surface area contributed by atoms with Gasteiger partial charge < -0.3 is 9.05 Å². The Labute approximate surface area is 129 Å². The molecule has 0 aliphatic heterocycles. The average Bonchev–Trinajstić information content (AvgIpc) is 2.54. The minimum Gasteiger partial charge on any atom is -0.308 e. The molecule has 1 rings (SSSR count). The lowest BCUT2D eigenvalue weighted by molar-refractivity contribution is 0.189. The van der Waals surface area contributed by atoms with E-state index >= 15 is 0 Å². The van der Waals surface area contributed by atoms with E-state index in [4.69, 9.17) is 9.05 Å². The van der Waals surface area contributed by atoms with Crippen LogP contribution in [0.3, 0.4) is 0 Å². The lowest BCUT2D eigenvalue weighted by atomic mass is 9.60. The second kappa shape index (κ2) is 6.74. The van der Waals surface area contributed by atoms with Crippen LogP contribution in [0.25, 0.3) is 0 Å². The molecule has 1 aliphatic rings. The Morgan fingerprint density at radius 1 is 1.09 bits per heavy atom. The van der Waals surface area contributed by atoms with Crippen LogP contribution in [0.2, 0.25) is 0 Å². The molecule has 114 valence electrons. The molecule has 0 heterocycles. The first-order chi connectivity index (χ1) is 10.5. The number of nitriles is 4. The number of nitrogens with zero attached hydrogens (tertiary/aromatic N) is 4. The molecule has 0 radical (unpaired) electrons. The monoisotopic (exact) mass is 318 g/mol. The van der Waals surface area contributed by atoms with Gasteiger partial charge in [-0.25, -0.2) is 0 Å². The van der Waals surface area contributed by atoms with Crippen LogP contribution < -0.4 is 0 Å². The van der Waals surface area contributed by atoms with Gasteiger partial charge in [-0.1, -0.05) is 12.2 Å². The van der Waals surface area contributed by atoms with Gasteiger partial charge in [0.2, 0.25) is 0 Å². The topological polar surface area (TPSA) is 131 Å². The second-order valence-electron chi connectivity index (χ2n) is 4.61. The van der Waals surface area contributed by atoms with Gasteiger partial charge in [0.05, 0.1) is 37.5 Å². The van der Waals surface area contributed by atoms with Crippen molar-refractivity contribution in [3.8, 4) is 24.3 Å². The largest absolute Gasteiger partial charge is 0.340 e. The fourth-order valence-corrected chi connectivity index (χ4v) is 4.73. The van der Waals surface area contributed by atoms with Gasteiger partial charge >= 0.3 is 7.60 Å². The van der Waals surface area contributed by atoms with E-state index in [1.807, 2.05) is 0 Å². The molecule has 0 saturated heterocycles. The molecule has 0 aromatic heterocycles. The summed E-state index contributed by atoms with van der Waals surface area (Å²) in [4.78, 5) is 0. The van der Waals surface area contributed by atoms with Crippen LogP contribution in [-0.4, -0.2) is 18.9 Å². The summed E-state index contributed by atoms with van der Waals surface area (Å²) < 4.78 is 23.4. The highest BCUT2D eigenvalue weighted by atomic mass is 31.2. The van der Waals surface area contributed by atoms with E-state index in [9.17, 15) is 25.6 Å². The molecule has 1 atom stereocenters. The van der Waals surface area contributed by atoms with Crippen LogP contribution in [0.4, 0.5) is 0 Å². The van der Waals surface area contributed by atoms with Crippen molar-refractivity contribution in [2.75, 3.05) is 13.2 Å². The first kappa shape index (κ1) is 17.9. The highest BCUT2D eigenvalue weighted by Crippen LogP contribution is 2.64. The second-order valence-corrected chi connectivity index (χ2v) is 6.77. The predicted octanol–water partition coefficient (Wildman–Crippen LogP) is 2.65. The quantitative estimate of drug-likeness (QED) is 0.562. The summed E-state index contributed by atoms with van der Waals surface area (Å²) in [6.07, 6.45) is 2.75. The molecular weight excluding hydrogens is 303 g/mol. The van der Waals surface area contributed by atoms with Gasteiger partial charge in [0, 0.05) is 0 Å². The van der Waals surface area contributed by atoms with Crippen molar-refractivity contribution in [2.45, 2.75) is 25.9 Å². The molecule has 1 unspecified atom stereocenters. The summed E-state index contributed by atoms with van der Waals surface area (Å²) in [6, 6.07) is 7.00. The van der Waals surface area contributed by atoms with Gasteiger partial charge in [-0.05, 0) is 20.3 Å². The van der Waals surface area contributed by atoms with Gasteiger partial charge in [0.1, 0.15) is 5.66 Å². The minimum atomic E-state index is -3.89. The summed E-state index contributed by atoms with van der Waals surface area (Å²) in [5.41, 5.74) is -5.37. The highest BCUT2D eigenvalue weighted by Gasteiger charge is 2.65. The summed E-state index contributed by atoms with van der Waals surface area (Å²) in [6.45, 7) is 3.28. The van der Waals surface area contributed by atoms with Gasteiger partial charge in [-0.2, -0.15) is 21.0 Å². The number of rotatable bonds is 5. The third-order valence-electron chi connectivity index (χ3n) is 3.55. The maximum absolute atomic E-state index is 13.0. The van der Waals surface area contributed by atoms with Gasteiger partial charge in [-0.15, -0.1) is 0 Å². The van der Waals surface area contributed by atoms with E-state index < -0.39 is 24.1 Å². The lowest BCUT2D eigenvalue weighted by Gasteiger charge is -2.40. The first-order valence-electron chi connectivity index (χ1n) is 6.66. The molecule has 0 aromatic rings. The number of allylic oxidation sites excluding steroid dienone is 2. The van der Waals surface area contributed by atoms with Gasteiger partial charge in [-0.3, -0.25) is 4.57 Å². The van der Waals surface area contributed by atoms with Crippen molar-refractivity contribution in [1.82, 2.24) is 0 Å². The van der Waals surface area contributed by atoms with Gasteiger partial charge in [0.15, 0.2) is 10.8 Å². The third-order valence-corrected chi connectivity index (χ3v) is 6.03. The molecule has 0 N–H and O–H groups in total. The zero-order chi connectivity index (χ0) is 16.9. The van der Waals surface area contributed by atoms with E-state index in [2.05, 4.69) is 0 Å². The van der Waals surface area contributed by atoms with Crippen LogP contribution in [-0.2, 0) is 13.6 Å². The van der Waals surface area contributed by atoms with E-state index in [1.54, 1.807) is 38.1 Å². The molecule has 8 heteroatoms. The van der Waals surface area contributed by atoms with Crippen LogP contribution >= 0.6 is 7.60 Å². The van der Waals surface area contributed by atoms with Crippen LogP contribution in [0.15, 0.2) is 12.2 Å². The highest BCUT2D eigenvalue weighted by molar-refractivity contribution is 7.55. The average molecular weight is 318 g/mol. The zero-order valence-electron chi connectivity index (χ0n) is 12.3. The Kier molecular flexibility index (Phi) is 5.48. The molecule has 0 aromatic carbocycles. The number of hydrogen-bond acceptors (Lipinski definition) is 7. The van der Waals surface area contributed by atoms with Crippen molar-refractivity contribution in [3.63, 3.8) is 0 Å². The normalized spacial score (nSPS) is 21.8. The Morgan fingerprint density at radius 2 is 1.59 bits per heavy atom. The van der Waals surface area contributed by atoms with Gasteiger partial charge in [0.25, 0.3) is 0 Å². The van der Waals surface area contributed by atoms with E-state index in [0.29, 0.717) is 0 Å². The van der Waals surface area contributed by atoms with Crippen molar-refractivity contribution < 1.29 is 13.6 Å². The summed E-state index contributed by atoms with van der Waals surface area (Å²) >= 11 is 0. The van der Waals surface area contributed by atoms with Crippen LogP contribution in [0.1, 0.15) is 20.3 Å². The Bertz CT molecular complexity index is 636. The third kappa shape index (κ3) is 2.41. The van der Waals surface area contributed by atoms with Crippen molar-refractivity contribution in [3.05, 3.63) is 12.2 Å². The molecule has 7 nitrogen and oxygen atoms in total. The summed E-state index contributed by atoms with van der Waals surface area (Å²) in [7, 11) is -3.89. The van der Waals surface area contributed by atoms with Crippen molar-refractivity contribution in [1.29, 1.82) is 21.0 Å². The molecule has 0 amide bonds. The fourth-order valence-electron chi connectivity index (χ4n) is 2.47. The SMILES string of the molecule is CCOP(=O)(OCC)C1C=CCC(C#N)(C#N)C1(C#N)C#N. The Morgan fingerprint density at radius 3 is 1.95 bits per heavy atom. The van der Waals surface area contributed by atoms with Crippen molar-refractivity contribution in [2.24, 2.45) is 10.8 Å². The smallest absolute Gasteiger partial charge is 0.308 e. The molecule has 0 fully saturated rings. The maximum atomic E-state index is 13.0. The van der Waals surface area contributed by atoms with E-state index in [1.165, 1.54) is 12.2 Å². The van der Waals surface area contributed by atoms with E-state index in [0.717, 1.165) is 0 Å². The molecule has 0 spiro atoms. The van der Waals surface area contributed by atoms with Crippen LogP contribution in [0, 0.1) is 56.2 Å². The van der Waals surface area contributed by atoms with Crippen molar-refractivity contribution >= 4 is 7.60 Å². The molecule has 0 saturated carbocycles. The standard InChI is InChI=1S/C14H15N4O3P/c1-3-20-22(19,21-4-2)12-6-5-7-13(8-15,9-16)14(12,10-17)11-18/h5-6,12H,3-4,7H2,1-2H3. The Hall–Kier alpha value is -2.15. The zero-order valence-corrected chi connectivity index (χ0v) is 13.2. The summed E-state index contributed by atoms with van der Waals surface area (Å²) in [5, 5.41) is 37.9.